The standard InChI is InChI=1S/C24H26O5.C3H4/c25-23(26)9-6-18-4-7-22(8-5-18)27-17-19-2-1-3-21(16-19)20-10-12-24(13-11-20)28-14-15-29-24;1-3-2/h1-5,7-8,10,16H,6,9,11-15,17H2,(H,25,26);1H,2H3. The fourth-order valence-electron chi connectivity index (χ4n) is 3.86. The first kappa shape index (κ1) is 23.6. The molecule has 1 spiro atoms. The normalized spacial score (nSPS) is 16.4. The molecule has 1 heterocycles. The average molecular weight is 435 g/mol. The van der Waals surface area contributed by atoms with E-state index >= 15 is 0 Å². The van der Waals surface area contributed by atoms with E-state index in [-0.39, 0.29) is 12.2 Å². The number of carbonyl (C=O) groups is 1. The van der Waals surface area contributed by atoms with Gasteiger partial charge in [-0.3, -0.25) is 4.79 Å². The van der Waals surface area contributed by atoms with Crippen molar-refractivity contribution in [3.05, 3.63) is 71.3 Å². The molecule has 1 fully saturated rings. The molecule has 2 aromatic carbocycles. The van der Waals surface area contributed by atoms with E-state index in [2.05, 4.69) is 42.7 Å². The van der Waals surface area contributed by atoms with Crippen molar-refractivity contribution in [3.8, 4) is 18.1 Å². The third-order valence-electron chi connectivity index (χ3n) is 5.50. The van der Waals surface area contributed by atoms with Crippen LogP contribution in [-0.4, -0.2) is 30.1 Å². The number of carboxylic acid groups (broad SMARTS) is 1. The summed E-state index contributed by atoms with van der Waals surface area (Å²) >= 11 is 0. The van der Waals surface area contributed by atoms with Gasteiger partial charge in [-0.1, -0.05) is 36.4 Å². The molecule has 168 valence electrons. The summed E-state index contributed by atoms with van der Waals surface area (Å²) in [5, 5.41) is 8.77. The molecule has 1 aliphatic heterocycles. The Bertz CT molecular complexity index is 962. The second-order valence-electron chi connectivity index (χ2n) is 7.86. The summed E-state index contributed by atoms with van der Waals surface area (Å²) in [6.07, 6.45) is 10.2. The van der Waals surface area contributed by atoms with Crippen molar-refractivity contribution in [1.29, 1.82) is 0 Å². The van der Waals surface area contributed by atoms with Crippen molar-refractivity contribution in [2.24, 2.45) is 0 Å². The van der Waals surface area contributed by atoms with Gasteiger partial charge in [-0.25, -0.2) is 0 Å². The largest absolute Gasteiger partial charge is 0.489 e. The molecule has 2 aliphatic rings. The van der Waals surface area contributed by atoms with Gasteiger partial charge in [0.05, 0.1) is 13.2 Å². The number of aryl methyl sites for hydroxylation is 1. The molecule has 5 nitrogen and oxygen atoms in total. The van der Waals surface area contributed by atoms with Crippen molar-refractivity contribution in [3.63, 3.8) is 0 Å². The Balaban J connectivity index is 0.000000913. The number of rotatable bonds is 7. The molecule has 0 radical (unpaired) electrons. The smallest absolute Gasteiger partial charge is 0.303 e. The van der Waals surface area contributed by atoms with Crippen LogP contribution in [0.5, 0.6) is 5.75 Å². The highest BCUT2D eigenvalue weighted by molar-refractivity contribution is 5.67. The lowest BCUT2D eigenvalue weighted by Crippen LogP contribution is -2.31. The van der Waals surface area contributed by atoms with Gasteiger partial charge >= 0.3 is 5.97 Å². The third kappa shape index (κ3) is 6.71. The Morgan fingerprint density at radius 2 is 1.88 bits per heavy atom. The van der Waals surface area contributed by atoms with E-state index in [4.69, 9.17) is 19.3 Å². The molecule has 1 aliphatic carbocycles. The predicted octanol–water partition coefficient (Wildman–Crippen LogP) is 5.23. The first-order chi connectivity index (χ1) is 15.5. The molecule has 1 N–H and O–H groups in total. The lowest BCUT2D eigenvalue weighted by atomic mass is 9.89. The first-order valence-corrected chi connectivity index (χ1v) is 10.9. The maximum Gasteiger partial charge on any atom is 0.303 e. The van der Waals surface area contributed by atoms with E-state index in [9.17, 15) is 4.79 Å². The van der Waals surface area contributed by atoms with E-state index in [1.807, 2.05) is 24.3 Å². The Hall–Kier alpha value is -3.07. The number of terminal acetylenes is 1. The van der Waals surface area contributed by atoms with Crippen molar-refractivity contribution in [2.45, 2.75) is 51.4 Å². The Labute approximate surface area is 190 Å². The molecule has 0 atom stereocenters. The summed E-state index contributed by atoms with van der Waals surface area (Å²) in [4.78, 5) is 10.7. The number of benzene rings is 2. The fraction of sp³-hybridized carbons (Fsp3) is 0.370. The van der Waals surface area contributed by atoms with Gasteiger partial charge in [-0.2, -0.15) is 0 Å². The van der Waals surface area contributed by atoms with Gasteiger partial charge in [0.1, 0.15) is 12.4 Å². The molecule has 1 saturated heterocycles. The van der Waals surface area contributed by atoms with Gasteiger partial charge in [0, 0.05) is 19.3 Å². The molecular weight excluding hydrogens is 404 g/mol. The van der Waals surface area contributed by atoms with Crippen LogP contribution in [0.3, 0.4) is 0 Å². The monoisotopic (exact) mass is 434 g/mol. The number of hydrogen-bond donors (Lipinski definition) is 1. The molecule has 5 heteroatoms. The molecule has 0 bridgehead atoms. The zero-order valence-electron chi connectivity index (χ0n) is 18.5. The van der Waals surface area contributed by atoms with E-state index in [1.165, 1.54) is 11.1 Å². The summed E-state index contributed by atoms with van der Waals surface area (Å²) in [5.41, 5.74) is 4.67. The summed E-state index contributed by atoms with van der Waals surface area (Å²) in [5.74, 6) is 1.86. The van der Waals surface area contributed by atoms with Crippen LogP contribution in [0.4, 0.5) is 0 Å². The summed E-state index contributed by atoms with van der Waals surface area (Å²) < 4.78 is 17.5. The number of hydrogen-bond acceptors (Lipinski definition) is 4. The molecule has 0 amide bonds. The number of ether oxygens (including phenoxy) is 3. The van der Waals surface area contributed by atoms with Crippen molar-refractivity contribution < 1.29 is 24.1 Å². The Morgan fingerprint density at radius 3 is 2.50 bits per heavy atom. The van der Waals surface area contributed by atoms with E-state index in [0.29, 0.717) is 26.2 Å². The maximum atomic E-state index is 10.7. The number of carboxylic acids is 1. The van der Waals surface area contributed by atoms with Crippen LogP contribution in [0.1, 0.15) is 49.3 Å². The molecule has 32 heavy (non-hydrogen) atoms. The second-order valence-corrected chi connectivity index (χ2v) is 7.86. The SMILES string of the molecule is C#CC.O=C(O)CCc1ccc(OCc2cccc(C3=CCC4(CC3)OCCO4)c2)cc1. The van der Waals surface area contributed by atoms with Crippen LogP contribution in [0.25, 0.3) is 5.57 Å². The van der Waals surface area contributed by atoms with Crippen molar-refractivity contribution in [1.82, 2.24) is 0 Å². The topological polar surface area (TPSA) is 65.0 Å². The highest BCUT2D eigenvalue weighted by atomic mass is 16.7. The van der Waals surface area contributed by atoms with E-state index in [0.717, 1.165) is 36.1 Å². The van der Waals surface area contributed by atoms with Gasteiger partial charge in [-0.05, 0) is 60.2 Å². The van der Waals surface area contributed by atoms with Crippen LogP contribution in [0.2, 0.25) is 0 Å². The molecule has 0 saturated carbocycles. The quantitative estimate of drug-likeness (QED) is 0.605. The second kappa shape index (κ2) is 11.5. The average Bonchev–Trinajstić information content (AvgIpc) is 3.26. The van der Waals surface area contributed by atoms with Crippen LogP contribution in [-0.2, 0) is 27.3 Å². The van der Waals surface area contributed by atoms with Gasteiger partial charge < -0.3 is 19.3 Å². The molecular formula is C27H30O5. The summed E-state index contributed by atoms with van der Waals surface area (Å²) in [6, 6.07) is 16.1. The molecule has 0 aromatic heterocycles. The predicted molar refractivity (Wildman–Crippen MR) is 124 cm³/mol. The van der Waals surface area contributed by atoms with Gasteiger partial charge in [-0.15, -0.1) is 12.3 Å². The molecule has 4 rings (SSSR count). The maximum absolute atomic E-state index is 10.7. The van der Waals surface area contributed by atoms with Crippen LogP contribution in [0.15, 0.2) is 54.6 Å². The van der Waals surface area contributed by atoms with Crippen LogP contribution < -0.4 is 4.74 Å². The lowest BCUT2D eigenvalue weighted by Gasteiger charge is -2.30. The highest BCUT2D eigenvalue weighted by Gasteiger charge is 2.37. The minimum atomic E-state index is -0.781. The third-order valence-corrected chi connectivity index (χ3v) is 5.50. The minimum absolute atomic E-state index is 0.141. The highest BCUT2D eigenvalue weighted by Crippen LogP contribution is 2.38. The van der Waals surface area contributed by atoms with Crippen LogP contribution in [0, 0.1) is 12.3 Å². The summed E-state index contributed by atoms with van der Waals surface area (Å²) in [7, 11) is 0. The first-order valence-electron chi connectivity index (χ1n) is 10.9. The van der Waals surface area contributed by atoms with E-state index in [1.54, 1.807) is 6.92 Å². The fourth-order valence-corrected chi connectivity index (χ4v) is 3.86. The minimum Gasteiger partial charge on any atom is -0.489 e. The van der Waals surface area contributed by atoms with Gasteiger partial charge in [0.15, 0.2) is 5.79 Å². The number of aliphatic carboxylic acids is 1. The lowest BCUT2D eigenvalue weighted by molar-refractivity contribution is -0.159. The van der Waals surface area contributed by atoms with Gasteiger partial charge in [0.25, 0.3) is 0 Å². The summed E-state index contributed by atoms with van der Waals surface area (Å²) in [6.45, 7) is 3.53. The zero-order valence-corrected chi connectivity index (χ0v) is 18.5. The Morgan fingerprint density at radius 1 is 1.16 bits per heavy atom. The van der Waals surface area contributed by atoms with E-state index < -0.39 is 5.97 Å². The van der Waals surface area contributed by atoms with Crippen molar-refractivity contribution in [2.75, 3.05) is 13.2 Å². The Kier molecular flexibility index (Phi) is 8.49. The van der Waals surface area contributed by atoms with Crippen molar-refractivity contribution >= 4 is 11.5 Å². The zero-order chi connectivity index (χ0) is 22.8. The number of allylic oxidation sites excluding steroid dienone is 1. The van der Waals surface area contributed by atoms with Gasteiger partial charge in [0.2, 0.25) is 0 Å². The molecule has 2 aromatic rings. The van der Waals surface area contributed by atoms with Crippen LogP contribution >= 0.6 is 0 Å². The molecule has 0 unspecified atom stereocenters.